The molecule has 1 aliphatic rings. The van der Waals surface area contributed by atoms with Crippen LogP contribution < -0.4 is 10.6 Å². The normalized spacial score (nSPS) is 14.8. The van der Waals surface area contributed by atoms with Crippen molar-refractivity contribution >= 4 is 28.4 Å². The fourth-order valence-electron chi connectivity index (χ4n) is 2.44. The zero-order valence-electron chi connectivity index (χ0n) is 12.5. The lowest BCUT2D eigenvalue weighted by molar-refractivity contribution is -0.137. The molecule has 0 saturated heterocycles. The van der Waals surface area contributed by atoms with Gasteiger partial charge in [-0.15, -0.1) is 0 Å². The first-order valence-corrected chi connectivity index (χ1v) is 7.54. The molecule has 4 rings (SSSR count). The van der Waals surface area contributed by atoms with Crippen molar-refractivity contribution in [2.75, 3.05) is 10.6 Å². The Labute approximate surface area is 135 Å². The molecule has 1 aromatic carbocycles. The maximum Gasteiger partial charge on any atom is 0.421 e. The van der Waals surface area contributed by atoms with Crippen LogP contribution in [-0.2, 0) is 6.18 Å². The molecule has 0 radical (unpaired) electrons. The third-order valence-electron chi connectivity index (χ3n) is 3.82. The molecule has 3 N–H and O–H groups in total. The van der Waals surface area contributed by atoms with Gasteiger partial charge < -0.3 is 15.6 Å². The SMILES string of the molecule is FC(F)(F)c1cnc(Nc2ccc3[nH]ccc3c2)nc1NC1CC1. The molecule has 3 aromatic rings. The van der Waals surface area contributed by atoms with Crippen LogP contribution in [0.5, 0.6) is 0 Å². The quantitative estimate of drug-likeness (QED) is 0.666. The topological polar surface area (TPSA) is 65.6 Å². The smallest absolute Gasteiger partial charge is 0.367 e. The Kier molecular flexibility index (Phi) is 3.33. The van der Waals surface area contributed by atoms with Gasteiger partial charge in [0.15, 0.2) is 0 Å². The number of nitrogens with one attached hydrogen (secondary N) is 3. The maximum atomic E-state index is 13.1. The first-order valence-electron chi connectivity index (χ1n) is 7.54. The van der Waals surface area contributed by atoms with E-state index in [0.29, 0.717) is 5.69 Å². The lowest BCUT2D eigenvalue weighted by atomic mass is 10.2. The van der Waals surface area contributed by atoms with Gasteiger partial charge in [-0.05, 0) is 37.1 Å². The number of H-pyrrole nitrogens is 1. The lowest BCUT2D eigenvalue weighted by Crippen LogP contribution is -2.15. The van der Waals surface area contributed by atoms with Crippen LogP contribution in [0.25, 0.3) is 10.9 Å². The Morgan fingerprint density at radius 1 is 1.17 bits per heavy atom. The molecule has 1 fully saturated rings. The zero-order chi connectivity index (χ0) is 16.7. The average molecular weight is 333 g/mol. The first-order chi connectivity index (χ1) is 11.5. The van der Waals surface area contributed by atoms with E-state index in [4.69, 9.17) is 0 Å². The van der Waals surface area contributed by atoms with Crippen LogP contribution in [0.3, 0.4) is 0 Å². The molecule has 5 nitrogen and oxygen atoms in total. The molecule has 2 aromatic heterocycles. The Balaban J connectivity index is 1.64. The minimum Gasteiger partial charge on any atom is -0.367 e. The number of hydrogen-bond acceptors (Lipinski definition) is 4. The molecule has 1 saturated carbocycles. The van der Waals surface area contributed by atoms with Gasteiger partial charge in [0.05, 0.1) is 0 Å². The summed E-state index contributed by atoms with van der Waals surface area (Å²) in [5, 5.41) is 6.77. The highest BCUT2D eigenvalue weighted by Crippen LogP contribution is 2.36. The van der Waals surface area contributed by atoms with Crippen molar-refractivity contribution in [1.29, 1.82) is 0 Å². The van der Waals surface area contributed by atoms with Crippen molar-refractivity contribution in [2.45, 2.75) is 25.1 Å². The average Bonchev–Trinajstić information content (AvgIpc) is 3.21. The fraction of sp³-hybridized carbons (Fsp3) is 0.250. The van der Waals surface area contributed by atoms with Crippen molar-refractivity contribution in [1.82, 2.24) is 15.0 Å². The Bertz CT molecular complexity index is 883. The van der Waals surface area contributed by atoms with Gasteiger partial charge in [-0.25, -0.2) is 4.98 Å². The molecule has 0 spiro atoms. The van der Waals surface area contributed by atoms with E-state index in [0.717, 1.165) is 29.9 Å². The van der Waals surface area contributed by atoms with Gasteiger partial charge in [0, 0.05) is 35.0 Å². The van der Waals surface area contributed by atoms with E-state index in [1.165, 1.54) is 0 Å². The van der Waals surface area contributed by atoms with Gasteiger partial charge >= 0.3 is 6.18 Å². The van der Waals surface area contributed by atoms with Crippen LogP contribution in [0.2, 0.25) is 0 Å². The molecule has 124 valence electrons. The second-order valence-corrected chi connectivity index (χ2v) is 5.78. The monoisotopic (exact) mass is 333 g/mol. The fourth-order valence-corrected chi connectivity index (χ4v) is 2.44. The summed E-state index contributed by atoms with van der Waals surface area (Å²) < 4.78 is 39.2. The lowest BCUT2D eigenvalue weighted by Gasteiger charge is -2.14. The van der Waals surface area contributed by atoms with Crippen molar-refractivity contribution in [3.8, 4) is 0 Å². The van der Waals surface area contributed by atoms with Gasteiger partial charge in [-0.3, -0.25) is 0 Å². The van der Waals surface area contributed by atoms with Crippen LogP contribution in [-0.4, -0.2) is 21.0 Å². The van der Waals surface area contributed by atoms with E-state index in [1.54, 1.807) is 0 Å². The van der Waals surface area contributed by atoms with E-state index in [2.05, 4.69) is 25.6 Å². The van der Waals surface area contributed by atoms with Crippen LogP contribution in [0.4, 0.5) is 30.6 Å². The van der Waals surface area contributed by atoms with E-state index in [1.807, 2.05) is 30.5 Å². The predicted octanol–water partition coefficient (Wildman–Crippen LogP) is 4.29. The van der Waals surface area contributed by atoms with E-state index in [9.17, 15) is 13.2 Å². The summed E-state index contributed by atoms with van der Waals surface area (Å²) in [6, 6.07) is 7.54. The number of nitrogens with zero attached hydrogens (tertiary/aromatic N) is 2. The third-order valence-corrected chi connectivity index (χ3v) is 3.82. The number of aromatic nitrogens is 3. The number of fused-ring (bicyclic) bond motifs is 1. The molecule has 0 aliphatic heterocycles. The number of hydrogen-bond donors (Lipinski definition) is 3. The van der Waals surface area contributed by atoms with Crippen LogP contribution in [0, 0.1) is 0 Å². The molecule has 0 amide bonds. The molecular weight excluding hydrogens is 319 g/mol. The number of alkyl halides is 3. The summed E-state index contributed by atoms with van der Waals surface area (Å²) in [6.45, 7) is 0. The molecule has 2 heterocycles. The van der Waals surface area contributed by atoms with Gasteiger partial charge in [0.2, 0.25) is 5.95 Å². The van der Waals surface area contributed by atoms with Gasteiger partial charge in [-0.2, -0.15) is 18.2 Å². The molecule has 0 bridgehead atoms. The van der Waals surface area contributed by atoms with E-state index >= 15 is 0 Å². The number of anilines is 3. The Morgan fingerprint density at radius 3 is 2.75 bits per heavy atom. The van der Waals surface area contributed by atoms with Crippen LogP contribution in [0.15, 0.2) is 36.7 Å². The summed E-state index contributed by atoms with van der Waals surface area (Å²) in [4.78, 5) is 10.9. The van der Waals surface area contributed by atoms with Crippen molar-refractivity contribution in [2.24, 2.45) is 0 Å². The summed E-state index contributed by atoms with van der Waals surface area (Å²) in [7, 11) is 0. The molecule has 0 atom stereocenters. The number of rotatable bonds is 4. The van der Waals surface area contributed by atoms with Crippen LogP contribution in [0.1, 0.15) is 18.4 Å². The van der Waals surface area contributed by atoms with Crippen molar-refractivity contribution < 1.29 is 13.2 Å². The standard InChI is InChI=1S/C16H14F3N5/c17-16(18,19)12-8-21-15(24-14(12)22-10-1-2-10)23-11-3-4-13-9(7-11)5-6-20-13/h3-8,10,20H,1-2H2,(H2,21,22,23,24). The summed E-state index contributed by atoms with van der Waals surface area (Å²) in [5.41, 5.74) is 0.838. The van der Waals surface area contributed by atoms with E-state index < -0.39 is 11.7 Å². The van der Waals surface area contributed by atoms with Crippen LogP contribution >= 0.6 is 0 Å². The second-order valence-electron chi connectivity index (χ2n) is 5.78. The maximum absolute atomic E-state index is 13.1. The minimum atomic E-state index is -4.49. The Morgan fingerprint density at radius 2 is 2.00 bits per heavy atom. The molecule has 24 heavy (non-hydrogen) atoms. The third kappa shape index (κ3) is 2.99. The zero-order valence-corrected chi connectivity index (χ0v) is 12.5. The van der Waals surface area contributed by atoms with Crippen molar-refractivity contribution in [3.63, 3.8) is 0 Å². The molecule has 8 heteroatoms. The molecular formula is C16H14F3N5. The number of halogens is 3. The summed E-state index contributed by atoms with van der Waals surface area (Å²) in [6.07, 6.45) is -0.141. The number of aromatic amines is 1. The minimum absolute atomic E-state index is 0.0602. The van der Waals surface area contributed by atoms with Gasteiger partial charge in [0.1, 0.15) is 11.4 Å². The Hall–Kier alpha value is -2.77. The highest BCUT2D eigenvalue weighted by Gasteiger charge is 2.36. The highest BCUT2D eigenvalue weighted by molar-refractivity contribution is 5.83. The summed E-state index contributed by atoms with van der Waals surface area (Å²) >= 11 is 0. The number of benzene rings is 1. The highest BCUT2D eigenvalue weighted by atomic mass is 19.4. The van der Waals surface area contributed by atoms with Crippen molar-refractivity contribution in [3.05, 3.63) is 42.2 Å². The largest absolute Gasteiger partial charge is 0.421 e. The summed E-state index contributed by atoms with van der Waals surface area (Å²) in [5.74, 6) is -0.0498. The molecule has 0 unspecified atom stereocenters. The van der Waals surface area contributed by atoms with E-state index in [-0.39, 0.29) is 17.8 Å². The van der Waals surface area contributed by atoms with Gasteiger partial charge in [0.25, 0.3) is 0 Å². The second kappa shape index (κ2) is 5.40. The van der Waals surface area contributed by atoms with Gasteiger partial charge in [-0.1, -0.05) is 0 Å². The molecule has 1 aliphatic carbocycles. The first kappa shape index (κ1) is 14.8. The predicted molar refractivity (Wildman–Crippen MR) is 85.3 cm³/mol.